The normalized spacial score (nSPS) is 31.1. The Balaban J connectivity index is 2.94. The molecule has 1 aliphatic rings. The van der Waals surface area contributed by atoms with E-state index in [1.165, 1.54) is 0 Å². The standard InChI is InChI=1S/C13H28N2O2/c1-11(2)9-13(10-14,12(3,4)17-11)15(5)7-8-16-6/h7-10,14H2,1-6H3. The minimum absolute atomic E-state index is 0.116. The lowest BCUT2D eigenvalue weighted by Gasteiger charge is -2.46. The third kappa shape index (κ3) is 2.65. The van der Waals surface area contributed by atoms with Crippen molar-refractivity contribution in [1.82, 2.24) is 4.90 Å². The first kappa shape index (κ1) is 14.9. The van der Waals surface area contributed by atoms with E-state index >= 15 is 0 Å². The van der Waals surface area contributed by atoms with E-state index in [9.17, 15) is 0 Å². The number of hydrogen-bond acceptors (Lipinski definition) is 4. The molecule has 0 aromatic heterocycles. The van der Waals surface area contributed by atoms with Gasteiger partial charge in [0.25, 0.3) is 0 Å². The van der Waals surface area contributed by atoms with Crippen molar-refractivity contribution in [2.45, 2.75) is 50.9 Å². The molecular weight excluding hydrogens is 216 g/mol. The average molecular weight is 244 g/mol. The highest BCUT2D eigenvalue weighted by Crippen LogP contribution is 2.47. The van der Waals surface area contributed by atoms with Crippen LogP contribution in [0.5, 0.6) is 0 Å². The summed E-state index contributed by atoms with van der Waals surface area (Å²) in [7, 11) is 3.83. The second-order valence-electron chi connectivity index (χ2n) is 6.20. The molecule has 0 radical (unpaired) electrons. The van der Waals surface area contributed by atoms with E-state index < -0.39 is 0 Å². The molecule has 1 atom stereocenters. The first-order chi connectivity index (χ1) is 7.71. The van der Waals surface area contributed by atoms with E-state index in [2.05, 4.69) is 39.6 Å². The number of nitrogens with zero attached hydrogens (tertiary/aromatic N) is 1. The Bertz CT molecular complexity index is 266. The molecule has 2 N–H and O–H groups in total. The highest BCUT2D eigenvalue weighted by atomic mass is 16.5. The molecule has 0 aromatic carbocycles. The maximum Gasteiger partial charge on any atom is 0.0829 e. The van der Waals surface area contributed by atoms with Gasteiger partial charge in [-0.15, -0.1) is 0 Å². The highest BCUT2D eigenvalue weighted by molar-refractivity contribution is 5.12. The lowest BCUT2D eigenvalue weighted by Crippen LogP contribution is -2.62. The van der Waals surface area contributed by atoms with Crippen molar-refractivity contribution < 1.29 is 9.47 Å². The summed E-state index contributed by atoms with van der Waals surface area (Å²) in [6.45, 7) is 10.7. The molecule has 1 saturated heterocycles. The molecule has 1 fully saturated rings. The molecule has 1 unspecified atom stereocenters. The summed E-state index contributed by atoms with van der Waals surface area (Å²) in [5.74, 6) is 0. The van der Waals surface area contributed by atoms with Crippen LogP contribution in [0, 0.1) is 0 Å². The number of hydrogen-bond donors (Lipinski definition) is 1. The first-order valence-electron chi connectivity index (χ1n) is 6.31. The molecule has 4 heteroatoms. The summed E-state index contributed by atoms with van der Waals surface area (Å²) < 4.78 is 11.3. The maximum atomic E-state index is 6.18. The maximum absolute atomic E-state index is 6.18. The first-order valence-corrected chi connectivity index (χ1v) is 6.31. The molecule has 17 heavy (non-hydrogen) atoms. The van der Waals surface area contributed by atoms with Crippen LogP contribution in [0.15, 0.2) is 0 Å². The monoisotopic (exact) mass is 244 g/mol. The number of ether oxygens (including phenoxy) is 2. The Morgan fingerprint density at radius 1 is 1.29 bits per heavy atom. The van der Waals surface area contributed by atoms with Crippen molar-refractivity contribution in [3.05, 3.63) is 0 Å². The van der Waals surface area contributed by atoms with E-state index in [1.807, 2.05) is 0 Å². The Morgan fingerprint density at radius 2 is 1.88 bits per heavy atom. The van der Waals surface area contributed by atoms with Gasteiger partial charge < -0.3 is 15.2 Å². The quantitative estimate of drug-likeness (QED) is 0.790. The topological polar surface area (TPSA) is 47.7 Å². The fourth-order valence-electron chi connectivity index (χ4n) is 3.25. The van der Waals surface area contributed by atoms with Gasteiger partial charge >= 0.3 is 0 Å². The predicted molar refractivity (Wildman–Crippen MR) is 70.2 cm³/mol. The van der Waals surface area contributed by atoms with Crippen LogP contribution in [-0.2, 0) is 9.47 Å². The molecular formula is C13H28N2O2. The van der Waals surface area contributed by atoms with Gasteiger partial charge in [0.1, 0.15) is 0 Å². The van der Waals surface area contributed by atoms with Gasteiger partial charge in [-0.05, 0) is 41.2 Å². The van der Waals surface area contributed by atoms with Gasteiger partial charge in [-0.3, -0.25) is 4.90 Å². The number of methoxy groups -OCH3 is 1. The molecule has 0 aliphatic carbocycles. The Hall–Kier alpha value is -0.160. The van der Waals surface area contributed by atoms with E-state index in [0.29, 0.717) is 6.54 Å². The third-order valence-electron chi connectivity index (χ3n) is 4.07. The van der Waals surface area contributed by atoms with Crippen LogP contribution in [0.25, 0.3) is 0 Å². The molecule has 4 nitrogen and oxygen atoms in total. The average Bonchev–Trinajstić information content (AvgIpc) is 2.40. The van der Waals surface area contributed by atoms with Gasteiger partial charge in [0.2, 0.25) is 0 Å². The zero-order valence-electron chi connectivity index (χ0n) is 12.2. The van der Waals surface area contributed by atoms with Gasteiger partial charge in [0.05, 0.1) is 23.3 Å². The third-order valence-corrected chi connectivity index (χ3v) is 4.07. The molecule has 0 saturated carbocycles. The molecule has 1 aliphatic heterocycles. The van der Waals surface area contributed by atoms with Gasteiger partial charge in [0, 0.05) is 20.2 Å². The second-order valence-corrected chi connectivity index (χ2v) is 6.20. The van der Waals surface area contributed by atoms with E-state index in [1.54, 1.807) is 7.11 Å². The number of likely N-dealkylation sites (N-methyl/N-ethyl adjacent to an activating group) is 1. The zero-order valence-corrected chi connectivity index (χ0v) is 12.2. The van der Waals surface area contributed by atoms with Crippen LogP contribution in [0.4, 0.5) is 0 Å². The molecule has 0 bridgehead atoms. The van der Waals surface area contributed by atoms with Crippen molar-refractivity contribution in [2.24, 2.45) is 5.73 Å². The van der Waals surface area contributed by atoms with E-state index in [4.69, 9.17) is 15.2 Å². The zero-order chi connectivity index (χ0) is 13.3. The molecule has 1 heterocycles. The summed E-state index contributed by atoms with van der Waals surface area (Å²) in [6.07, 6.45) is 0.948. The minimum Gasteiger partial charge on any atom is -0.383 e. The van der Waals surface area contributed by atoms with Crippen molar-refractivity contribution in [3.8, 4) is 0 Å². The molecule has 0 amide bonds. The van der Waals surface area contributed by atoms with Gasteiger partial charge in [-0.25, -0.2) is 0 Å². The SMILES string of the molecule is COCCN(C)C1(CN)CC(C)(C)OC1(C)C. The van der Waals surface area contributed by atoms with Crippen molar-refractivity contribution in [3.63, 3.8) is 0 Å². The van der Waals surface area contributed by atoms with Gasteiger partial charge in [-0.1, -0.05) is 0 Å². The van der Waals surface area contributed by atoms with Gasteiger partial charge in [-0.2, -0.15) is 0 Å². The van der Waals surface area contributed by atoms with Crippen LogP contribution in [0.1, 0.15) is 34.1 Å². The van der Waals surface area contributed by atoms with Crippen LogP contribution in [0.3, 0.4) is 0 Å². The van der Waals surface area contributed by atoms with Crippen LogP contribution >= 0.6 is 0 Å². The largest absolute Gasteiger partial charge is 0.383 e. The summed E-state index contributed by atoms with van der Waals surface area (Å²) in [4.78, 5) is 2.30. The smallest absolute Gasteiger partial charge is 0.0829 e. The van der Waals surface area contributed by atoms with E-state index in [0.717, 1.165) is 19.6 Å². The number of rotatable bonds is 5. The lowest BCUT2D eigenvalue weighted by molar-refractivity contribution is -0.101. The molecule has 0 aromatic rings. The van der Waals surface area contributed by atoms with Crippen LogP contribution < -0.4 is 5.73 Å². The summed E-state index contributed by atoms with van der Waals surface area (Å²) in [6, 6.07) is 0. The highest BCUT2D eigenvalue weighted by Gasteiger charge is 2.58. The Labute approximate surface area is 105 Å². The fourth-order valence-corrected chi connectivity index (χ4v) is 3.25. The van der Waals surface area contributed by atoms with Gasteiger partial charge in [0.15, 0.2) is 0 Å². The van der Waals surface area contributed by atoms with Crippen molar-refractivity contribution >= 4 is 0 Å². The fraction of sp³-hybridized carbons (Fsp3) is 1.00. The van der Waals surface area contributed by atoms with Crippen molar-refractivity contribution in [2.75, 3.05) is 33.9 Å². The Morgan fingerprint density at radius 3 is 2.24 bits per heavy atom. The molecule has 1 rings (SSSR count). The molecule has 0 spiro atoms. The minimum atomic E-state index is -0.242. The lowest BCUT2D eigenvalue weighted by atomic mass is 9.77. The Kier molecular flexibility index (Phi) is 4.24. The number of nitrogens with two attached hydrogens (primary N) is 1. The van der Waals surface area contributed by atoms with Crippen LogP contribution in [0.2, 0.25) is 0 Å². The summed E-state index contributed by atoms with van der Waals surface area (Å²) >= 11 is 0. The second kappa shape index (κ2) is 4.84. The summed E-state index contributed by atoms with van der Waals surface area (Å²) in [5.41, 5.74) is 5.60. The van der Waals surface area contributed by atoms with Crippen molar-refractivity contribution in [1.29, 1.82) is 0 Å². The summed E-state index contributed by atoms with van der Waals surface area (Å²) in [5, 5.41) is 0. The predicted octanol–water partition coefficient (Wildman–Crippen LogP) is 1.24. The molecule has 102 valence electrons. The van der Waals surface area contributed by atoms with Crippen LogP contribution in [-0.4, -0.2) is 55.5 Å². The van der Waals surface area contributed by atoms with E-state index in [-0.39, 0.29) is 16.7 Å².